The molecule has 0 radical (unpaired) electrons. The van der Waals surface area contributed by atoms with Gasteiger partial charge < -0.3 is 14.2 Å². The fraction of sp³-hybridized carbons (Fsp3) is 0.522. The summed E-state index contributed by atoms with van der Waals surface area (Å²) in [5.41, 5.74) is 1.63. The maximum absolute atomic E-state index is 13.0. The van der Waals surface area contributed by atoms with Crippen molar-refractivity contribution in [1.82, 2.24) is 18.7 Å². The van der Waals surface area contributed by atoms with Crippen LogP contribution >= 0.6 is 0 Å². The minimum atomic E-state index is -0.348. The van der Waals surface area contributed by atoms with Crippen molar-refractivity contribution in [3.8, 4) is 0 Å². The van der Waals surface area contributed by atoms with Gasteiger partial charge in [-0.1, -0.05) is 30.3 Å². The molecule has 8 heteroatoms. The highest BCUT2D eigenvalue weighted by Crippen LogP contribution is 2.13. The predicted molar refractivity (Wildman–Crippen MR) is 119 cm³/mol. The first-order valence-electron chi connectivity index (χ1n) is 11.0. The van der Waals surface area contributed by atoms with Gasteiger partial charge in [-0.25, -0.2) is 9.78 Å². The number of nitrogens with one attached hydrogen (secondary N) is 1. The van der Waals surface area contributed by atoms with E-state index in [1.807, 2.05) is 22.8 Å². The molecule has 1 fully saturated rings. The first kappa shape index (κ1) is 21.5. The lowest BCUT2D eigenvalue weighted by molar-refractivity contribution is -0.929. The molecule has 1 saturated heterocycles. The van der Waals surface area contributed by atoms with Crippen molar-refractivity contribution in [2.75, 3.05) is 13.1 Å². The average Bonchev–Trinajstić information content (AvgIpc) is 3.09. The summed E-state index contributed by atoms with van der Waals surface area (Å²) in [6.07, 6.45) is 2.18. The van der Waals surface area contributed by atoms with E-state index in [4.69, 9.17) is 9.72 Å². The van der Waals surface area contributed by atoms with Crippen molar-refractivity contribution in [2.45, 2.75) is 52.0 Å². The molecule has 3 heterocycles. The summed E-state index contributed by atoms with van der Waals surface area (Å²) in [5.74, 6) is 0.859. The molecule has 1 aliphatic rings. The minimum Gasteiger partial charge on any atom is -0.364 e. The van der Waals surface area contributed by atoms with Gasteiger partial charge in [-0.15, -0.1) is 0 Å². The smallest absolute Gasteiger partial charge is 0.332 e. The minimum absolute atomic E-state index is 0.187. The third-order valence-corrected chi connectivity index (χ3v) is 6.14. The number of hydrogen-bond acceptors (Lipinski definition) is 4. The number of hydrogen-bond donors (Lipinski definition) is 1. The summed E-state index contributed by atoms with van der Waals surface area (Å²) in [6, 6.07) is 10.3. The summed E-state index contributed by atoms with van der Waals surface area (Å²) in [4.78, 5) is 31.7. The number of imidazole rings is 1. The molecule has 0 bridgehead atoms. The zero-order valence-electron chi connectivity index (χ0n) is 18.8. The van der Waals surface area contributed by atoms with Crippen molar-refractivity contribution < 1.29 is 9.64 Å². The fourth-order valence-electron chi connectivity index (χ4n) is 4.71. The number of rotatable bonds is 6. The van der Waals surface area contributed by atoms with E-state index in [1.54, 1.807) is 7.05 Å². The number of quaternary nitrogens is 1. The Kier molecular flexibility index (Phi) is 6.11. The Balaban J connectivity index is 1.70. The molecule has 2 aromatic heterocycles. The molecule has 2 atom stereocenters. The van der Waals surface area contributed by atoms with E-state index in [0.29, 0.717) is 24.3 Å². The van der Waals surface area contributed by atoms with Gasteiger partial charge in [-0.3, -0.25) is 13.9 Å². The van der Waals surface area contributed by atoms with Crippen LogP contribution in [0.15, 0.2) is 39.9 Å². The van der Waals surface area contributed by atoms with Gasteiger partial charge in [0.05, 0.1) is 0 Å². The van der Waals surface area contributed by atoms with Crippen molar-refractivity contribution >= 4 is 11.2 Å². The number of aromatic nitrogens is 4. The van der Waals surface area contributed by atoms with Gasteiger partial charge >= 0.3 is 5.69 Å². The topological polar surface area (TPSA) is 75.5 Å². The van der Waals surface area contributed by atoms with Gasteiger partial charge in [0.1, 0.15) is 31.8 Å². The lowest BCUT2D eigenvalue weighted by Gasteiger charge is -2.32. The van der Waals surface area contributed by atoms with Crippen LogP contribution in [0.1, 0.15) is 31.7 Å². The van der Waals surface area contributed by atoms with Crippen LogP contribution in [-0.2, 0) is 38.3 Å². The van der Waals surface area contributed by atoms with Crippen LogP contribution in [0.2, 0.25) is 0 Å². The van der Waals surface area contributed by atoms with Crippen LogP contribution in [0.25, 0.3) is 11.2 Å². The molecule has 0 unspecified atom stereocenters. The van der Waals surface area contributed by atoms with Crippen LogP contribution in [-0.4, -0.2) is 44.0 Å². The fourth-order valence-corrected chi connectivity index (χ4v) is 4.71. The second-order valence-corrected chi connectivity index (χ2v) is 8.74. The van der Waals surface area contributed by atoms with E-state index in [1.165, 1.54) is 26.6 Å². The second kappa shape index (κ2) is 8.80. The quantitative estimate of drug-likeness (QED) is 0.614. The normalized spacial score (nSPS) is 21.6. The zero-order valence-corrected chi connectivity index (χ0v) is 18.8. The molecule has 8 nitrogen and oxygen atoms in total. The van der Waals surface area contributed by atoms with E-state index in [2.05, 4.69) is 26.0 Å². The summed E-state index contributed by atoms with van der Waals surface area (Å²) < 4.78 is 10.6. The van der Waals surface area contributed by atoms with Crippen molar-refractivity contribution in [1.29, 1.82) is 0 Å². The highest BCUT2D eigenvalue weighted by Gasteiger charge is 2.28. The summed E-state index contributed by atoms with van der Waals surface area (Å²) in [7, 11) is 3.21. The van der Waals surface area contributed by atoms with E-state index < -0.39 is 0 Å². The van der Waals surface area contributed by atoms with Gasteiger partial charge in [0.15, 0.2) is 17.0 Å². The third kappa shape index (κ3) is 4.36. The standard InChI is InChI=1S/C23H31N5O3/c1-16-13-27(14-17(2)31-16)15-19-24-21-20(22(29)26(4)23(30)25(21)3)28(19)12-8-11-18-9-6-5-7-10-18/h5-7,9-10,16-17H,8,11-15H2,1-4H3/p+1/t16-,17-/m1/s1. The van der Waals surface area contributed by atoms with Crippen LogP contribution in [0.3, 0.4) is 0 Å². The van der Waals surface area contributed by atoms with E-state index >= 15 is 0 Å². The van der Waals surface area contributed by atoms with Crippen LogP contribution in [0.5, 0.6) is 0 Å². The molecule has 31 heavy (non-hydrogen) atoms. The molecule has 166 valence electrons. The molecular weight excluding hydrogens is 394 g/mol. The highest BCUT2D eigenvalue weighted by atomic mass is 16.5. The first-order chi connectivity index (χ1) is 14.8. The molecule has 1 aliphatic heterocycles. The molecule has 4 rings (SSSR count). The maximum atomic E-state index is 13.0. The Labute approximate surface area is 181 Å². The van der Waals surface area contributed by atoms with E-state index in [0.717, 1.165) is 31.8 Å². The zero-order chi connectivity index (χ0) is 22.1. The summed E-state index contributed by atoms with van der Waals surface area (Å²) >= 11 is 0. The van der Waals surface area contributed by atoms with Crippen LogP contribution in [0, 0.1) is 0 Å². The van der Waals surface area contributed by atoms with E-state index in [9.17, 15) is 9.59 Å². The Morgan fingerprint density at radius 3 is 2.42 bits per heavy atom. The Hall–Kier alpha value is -2.71. The van der Waals surface area contributed by atoms with Gasteiger partial charge in [0.2, 0.25) is 0 Å². The Bertz CT molecular complexity index is 1170. The van der Waals surface area contributed by atoms with Crippen molar-refractivity contribution in [3.05, 3.63) is 62.6 Å². The SMILES string of the molecule is C[C@@H]1C[NH+](Cc2nc3c(c(=O)n(C)c(=O)n3C)n2CCCc2ccccc2)C[C@@H](C)O1. The molecule has 0 saturated carbocycles. The molecule has 0 aliphatic carbocycles. The molecule has 1 N–H and O–H groups in total. The number of ether oxygens (including phenoxy) is 1. The Morgan fingerprint density at radius 2 is 1.74 bits per heavy atom. The van der Waals surface area contributed by atoms with Crippen molar-refractivity contribution in [3.63, 3.8) is 0 Å². The third-order valence-electron chi connectivity index (χ3n) is 6.14. The largest absolute Gasteiger partial charge is 0.364 e. The van der Waals surface area contributed by atoms with E-state index in [-0.39, 0.29) is 23.5 Å². The monoisotopic (exact) mass is 426 g/mol. The molecule has 1 aromatic carbocycles. The number of nitrogens with zero attached hydrogens (tertiary/aromatic N) is 4. The number of benzene rings is 1. The van der Waals surface area contributed by atoms with Gasteiger partial charge in [0, 0.05) is 20.6 Å². The Morgan fingerprint density at radius 1 is 1.06 bits per heavy atom. The molecule has 3 aromatic rings. The van der Waals surface area contributed by atoms with Crippen molar-refractivity contribution in [2.24, 2.45) is 14.1 Å². The lowest BCUT2D eigenvalue weighted by atomic mass is 10.1. The van der Waals surface area contributed by atoms with Gasteiger partial charge in [-0.2, -0.15) is 0 Å². The van der Waals surface area contributed by atoms with Crippen LogP contribution < -0.4 is 16.1 Å². The number of aryl methyl sites for hydroxylation is 3. The summed E-state index contributed by atoms with van der Waals surface area (Å²) in [6.45, 7) is 7.37. The average molecular weight is 427 g/mol. The number of morpholine rings is 1. The van der Waals surface area contributed by atoms with Gasteiger partial charge in [0.25, 0.3) is 5.56 Å². The number of fused-ring (bicyclic) bond motifs is 1. The van der Waals surface area contributed by atoms with Gasteiger partial charge in [-0.05, 0) is 32.3 Å². The molecule has 0 spiro atoms. The second-order valence-electron chi connectivity index (χ2n) is 8.74. The maximum Gasteiger partial charge on any atom is 0.332 e. The first-order valence-corrected chi connectivity index (χ1v) is 11.0. The summed E-state index contributed by atoms with van der Waals surface area (Å²) in [5, 5.41) is 0. The molecule has 0 amide bonds. The van der Waals surface area contributed by atoms with Crippen LogP contribution in [0.4, 0.5) is 0 Å². The molecular formula is C23H32N5O3+. The predicted octanol–water partition coefficient (Wildman–Crippen LogP) is 0.259. The highest BCUT2D eigenvalue weighted by molar-refractivity contribution is 5.71. The lowest BCUT2D eigenvalue weighted by Crippen LogP contribution is -3.14.